The maximum absolute atomic E-state index is 9.33. The zero-order chi connectivity index (χ0) is 35.9. The van der Waals surface area contributed by atoms with Gasteiger partial charge in [-0.3, -0.25) is 9.88 Å². The van der Waals surface area contributed by atoms with Crippen LogP contribution in [-0.4, -0.2) is 67.3 Å². The van der Waals surface area contributed by atoms with Gasteiger partial charge in [0.25, 0.3) is 0 Å². The summed E-state index contributed by atoms with van der Waals surface area (Å²) in [7, 11) is 0. The van der Waals surface area contributed by atoms with Crippen molar-refractivity contribution in [2.45, 2.75) is 65.7 Å². The van der Waals surface area contributed by atoms with E-state index in [4.69, 9.17) is 30.5 Å². The molecule has 3 fully saturated rings. The Balaban J connectivity index is 1.02. The zero-order valence-corrected chi connectivity index (χ0v) is 31.2. The minimum Gasteiger partial charge on any atom is -0.493 e. The van der Waals surface area contributed by atoms with Gasteiger partial charge in [0.2, 0.25) is 0 Å². The number of pyridine rings is 1. The molecule has 8 nitrogen and oxygen atoms in total. The Morgan fingerprint density at radius 3 is 2.38 bits per heavy atom. The SMILES string of the molecule is Cc1c(COc2cc(OCc3cncc(C#N)c3)c(CN3CCCCC3)cc2Cl)cccc1-c1cccc(OCCCN2CCC3(COC3)C2)c1C. The molecule has 0 bridgehead atoms. The highest BCUT2D eigenvalue weighted by atomic mass is 35.5. The van der Waals surface area contributed by atoms with Crippen LogP contribution in [0.3, 0.4) is 0 Å². The first-order valence-corrected chi connectivity index (χ1v) is 19.0. The van der Waals surface area contributed by atoms with Crippen molar-refractivity contribution in [3.63, 3.8) is 0 Å². The zero-order valence-electron chi connectivity index (χ0n) is 30.5. The van der Waals surface area contributed by atoms with Crippen LogP contribution in [0.25, 0.3) is 11.1 Å². The lowest BCUT2D eigenvalue weighted by atomic mass is 9.85. The van der Waals surface area contributed by atoms with E-state index in [-0.39, 0.29) is 6.61 Å². The van der Waals surface area contributed by atoms with Crippen LogP contribution in [0.1, 0.15) is 65.5 Å². The monoisotopic (exact) mass is 720 g/mol. The fourth-order valence-corrected chi connectivity index (χ4v) is 8.00. The molecule has 7 rings (SSSR count). The number of halogens is 1. The average Bonchev–Trinajstić information content (AvgIpc) is 3.60. The molecule has 0 radical (unpaired) electrons. The van der Waals surface area contributed by atoms with Crippen molar-refractivity contribution in [1.29, 1.82) is 5.26 Å². The van der Waals surface area contributed by atoms with Crippen molar-refractivity contribution in [1.82, 2.24) is 14.8 Å². The molecule has 0 unspecified atom stereocenters. The number of nitrogens with zero attached hydrogens (tertiary/aromatic N) is 4. The molecule has 9 heteroatoms. The molecule has 0 amide bonds. The fourth-order valence-electron chi connectivity index (χ4n) is 7.76. The average molecular weight is 721 g/mol. The summed E-state index contributed by atoms with van der Waals surface area (Å²) in [6, 6.07) is 20.5. The summed E-state index contributed by atoms with van der Waals surface area (Å²) in [6.07, 6.45) is 9.21. The van der Waals surface area contributed by atoms with Gasteiger partial charge in [0.1, 0.15) is 36.5 Å². The maximum atomic E-state index is 9.33. The third-order valence-corrected chi connectivity index (χ3v) is 11.2. The fraction of sp³-hybridized carbons (Fsp3) is 0.442. The number of piperidine rings is 1. The number of benzene rings is 3. The van der Waals surface area contributed by atoms with Crippen molar-refractivity contribution in [2.24, 2.45) is 5.41 Å². The second kappa shape index (κ2) is 16.7. The van der Waals surface area contributed by atoms with Crippen LogP contribution < -0.4 is 14.2 Å². The summed E-state index contributed by atoms with van der Waals surface area (Å²) in [4.78, 5) is 9.21. The molecule has 0 saturated carbocycles. The molecule has 3 aliphatic heterocycles. The van der Waals surface area contributed by atoms with E-state index in [0.717, 1.165) is 103 Å². The Hall–Kier alpha value is -4.13. The van der Waals surface area contributed by atoms with Gasteiger partial charge < -0.3 is 23.8 Å². The molecule has 1 aromatic heterocycles. The maximum Gasteiger partial charge on any atom is 0.142 e. The van der Waals surface area contributed by atoms with Gasteiger partial charge in [-0.2, -0.15) is 5.26 Å². The molecule has 52 heavy (non-hydrogen) atoms. The van der Waals surface area contributed by atoms with Crippen LogP contribution in [0.5, 0.6) is 17.2 Å². The minimum absolute atomic E-state index is 0.286. The highest BCUT2D eigenvalue weighted by Gasteiger charge is 2.44. The molecular weight excluding hydrogens is 672 g/mol. The minimum atomic E-state index is 0.286. The number of nitriles is 1. The van der Waals surface area contributed by atoms with Crippen LogP contribution >= 0.6 is 11.6 Å². The number of rotatable bonds is 14. The molecule has 272 valence electrons. The Kier molecular flexibility index (Phi) is 11.6. The predicted molar refractivity (Wildman–Crippen MR) is 204 cm³/mol. The summed E-state index contributed by atoms with van der Waals surface area (Å²) in [5, 5.41) is 9.89. The van der Waals surface area contributed by atoms with E-state index >= 15 is 0 Å². The lowest BCUT2D eigenvalue weighted by Crippen LogP contribution is -2.44. The van der Waals surface area contributed by atoms with E-state index in [0.29, 0.717) is 35.0 Å². The van der Waals surface area contributed by atoms with Crippen LogP contribution in [-0.2, 0) is 24.5 Å². The third-order valence-electron chi connectivity index (χ3n) is 10.9. The van der Waals surface area contributed by atoms with Gasteiger partial charge in [-0.25, -0.2) is 0 Å². The highest BCUT2D eigenvalue weighted by molar-refractivity contribution is 6.32. The molecule has 0 N–H and O–H groups in total. The first-order valence-electron chi connectivity index (χ1n) is 18.7. The summed E-state index contributed by atoms with van der Waals surface area (Å²) in [5.41, 5.74) is 8.49. The second-order valence-corrected chi connectivity index (χ2v) is 15.1. The van der Waals surface area contributed by atoms with E-state index in [2.05, 4.69) is 71.1 Å². The van der Waals surface area contributed by atoms with E-state index < -0.39 is 0 Å². The van der Waals surface area contributed by atoms with Crippen molar-refractivity contribution < 1.29 is 18.9 Å². The Bertz CT molecular complexity index is 1900. The highest BCUT2D eigenvalue weighted by Crippen LogP contribution is 2.39. The normalized spacial score (nSPS) is 17.1. The quantitative estimate of drug-likeness (QED) is 0.120. The molecule has 3 saturated heterocycles. The van der Waals surface area contributed by atoms with Crippen molar-refractivity contribution in [3.05, 3.63) is 105 Å². The summed E-state index contributed by atoms with van der Waals surface area (Å²) in [5.74, 6) is 2.23. The summed E-state index contributed by atoms with van der Waals surface area (Å²) >= 11 is 6.89. The predicted octanol–water partition coefficient (Wildman–Crippen LogP) is 8.53. The van der Waals surface area contributed by atoms with Gasteiger partial charge in [-0.15, -0.1) is 0 Å². The van der Waals surface area contributed by atoms with Crippen LogP contribution in [0, 0.1) is 30.6 Å². The molecular formula is C43H49ClN4O4. The van der Waals surface area contributed by atoms with Crippen LogP contribution in [0.2, 0.25) is 5.02 Å². The second-order valence-electron chi connectivity index (χ2n) is 14.7. The molecule has 3 aromatic carbocycles. The number of likely N-dealkylation sites (tertiary alicyclic amines) is 2. The van der Waals surface area contributed by atoms with Gasteiger partial charge in [-0.1, -0.05) is 48.4 Å². The number of hydrogen-bond acceptors (Lipinski definition) is 8. The van der Waals surface area contributed by atoms with Crippen molar-refractivity contribution in [2.75, 3.05) is 52.5 Å². The van der Waals surface area contributed by atoms with Crippen LogP contribution in [0.4, 0.5) is 0 Å². The van der Waals surface area contributed by atoms with Gasteiger partial charge >= 0.3 is 0 Å². The summed E-state index contributed by atoms with van der Waals surface area (Å²) in [6.45, 7) is 13.7. The Morgan fingerprint density at radius 2 is 1.62 bits per heavy atom. The van der Waals surface area contributed by atoms with Gasteiger partial charge in [-0.05, 0) is 105 Å². The van der Waals surface area contributed by atoms with Crippen molar-refractivity contribution in [3.8, 4) is 34.4 Å². The molecule has 0 aliphatic carbocycles. The first kappa shape index (κ1) is 36.2. The first-order chi connectivity index (χ1) is 25.4. The van der Waals surface area contributed by atoms with Gasteiger partial charge in [0, 0.05) is 54.6 Å². The smallest absolute Gasteiger partial charge is 0.142 e. The topological polar surface area (TPSA) is 80.1 Å². The van der Waals surface area contributed by atoms with Gasteiger partial charge in [0.15, 0.2) is 0 Å². The lowest BCUT2D eigenvalue weighted by Gasteiger charge is -2.37. The Labute approximate surface area is 313 Å². The van der Waals surface area contributed by atoms with E-state index in [1.54, 1.807) is 18.5 Å². The standard InChI is InChI=1S/C43H49ClN4O4/c1-31-35(9-6-10-37(31)38-11-7-12-40(32(38)2)50-18-8-16-48-17-13-43(28-48)29-49-30-43)27-52-42-21-41(51-26-34-19-33(22-45)23-46-24-34)36(20-39(42)44)25-47-14-4-3-5-15-47/h6-7,9-12,19-21,23-24H,3-5,8,13-18,25-30H2,1-2H3. The lowest BCUT2D eigenvalue weighted by molar-refractivity contribution is -0.105. The van der Waals surface area contributed by atoms with E-state index in [1.807, 2.05) is 12.1 Å². The van der Waals surface area contributed by atoms with E-state index in [1.165, 1.54) is 32.2 Å². The summed E-state index contributed by atoms with van der Waals surface area (Å²) < 4.78 is 24.6. The number of hydrogen-bond donors (Lipinski definition) is 0. The van der Waals surface area contributed by atoms with Crippen molar-refractivity contribution >= 4 is 11.6 Å². The Morgan fingerprint density at radius 1 is 0.827 bits per heavy atom. The van der Waals surface area contributed by atoms with Crippen LogP contribution in [0.15, 0.2) is 67.0 Å². The molecule has 1 spiro atoms. The molecule has 3 aliphatic rings. The molecule has 4 aromatic rings. The molecule has 4 heterocycles. The third kappa shape index (κ3) is 8.56. The number of aromatic nitrogens is 1. The van der Waals surface area contributed by atoms with E-state index in [9.17, 15) is 5.26 Å². The molecule has 0 atom stereocenters. The number of ether oxygens (including phenoxy) is 4. The van der Waals surface area contributed by atoms with Gasteiger partial charge in [0.05, 0.1) is 30.4 Å². The largest absolute Gasteiger partial charge is 0.493 e.